The lowest BCUT2D eigenvalue weighted by Crippen LogP contribution is -1.97. The normalized spacial score (nSPS) is 10.1. The third kappa shape index (κ3) is 10.7. The Morgan fingerprint density at radius 2 is 1.71 bits per heavy atom. The summed E-state index contributed by atoms with van der Waals surface area (Å²) >= 11 is 0. The van der Waals surface area contributed by atoms with E-state index in [1.807, 2.05) is 0 Å². The first-order valence-electron chi connectivity index (χ1n) is 1.31. The van der Waals surface area contributed by atoms with Gasteiger partial charge in [-0.1, -0.05) is 0 Å². The third-order valence-electron chi connectivity index (χ3n) is 0.238. The summed E-state index contributed by atoms with van der Waals surface area (Å²) < 4.78 is 9.57. The van der Waals surface area contributed by atoms with Crippen LogP contribution in [0.4, 0.5) is 0 Å². The van der Waals surface area contributed by atoms with Crippen LogP contribution in [0.25, 0.3) is 0 Å². The highest BCUT2D eigenvalue weighted by molar-refractivity contribution is 7.51. The van der Waals surface area contributed by atoms with Crippen molar-refractivity contribution in [1.29, 1.82) is 0 Å². The van der Waals surface area contributed by atoms with Gasteiger partial charge in [0.1, 0.15) is 0 Å². The van der Waals surface area contributed by atoms with E-state index >= 15 is 0 Å². The second-order valence-corrected chi connectivity index (χ2v) is 2.54. The number of hydrogen-bond acceptors (Lipinski definition) is 2. The molecular weight excluding hydrogens is 121 g/mol. The second-order valence-electron chi connectivity index (χ2n) is 0.847. The Balaban J connectivity index is 0. The van der Waals surface area contributed by atoms with Crippen LogP contribution in [0.15, 0.2) is 0 Å². The molecule has 7 heavy (non-hydrogen) atoms. The van der Waals surface area contributed by atoms with Gasteiger partial charge in [-0.05, 0) is 0 Å². The first kappa shape index (κ1) is 10.1. The predicted molar refractivity (Wildman–Crippen MR) is 24.7 cm³/mol. The molecule has 6 N–H and O–H groups in total. The van der Waals surface area contributed by atoms with Gasteiger partial charge in [0.25, 0.3) is 0 Å². The Kier molecular flexibility index (Phi) is 4.52. The largest absolute Gasteiger partial charge is 0.412 e. The molecular formula is CH8NO4P. The Bertz CT molecular complexity index is 75.8. The Hall–Kier alpha value is 0.0700. The molecule has 5 nitrogen and oxygen atoms in total. The smallest absolute Gasteiger partial charge is 0.338 e. The Morgan fingerprint density at radius 1 is 1.57 bits per heavy atom. The topological polar surface area (TPSA) is 115 Å². The van der Waals surface area contributed by atoms with E-state index in [2.05, 4.69) is 5.73 Å². The van der Waals surface area contributed by atoms with Crippen LogP contribution in [-0.4, -0.2) is 21.5 Å². The molecule has 0 atom stereocenters. The highest BCUT2D eigenvalue weighted by Crippen LogP contribution is 2.30. The summed E-state index contributed by atoms with van der Waals surface area (Å²) in [6, 6.07) is 0. The van der Waals surface area contributed by atoms with Gasteiger partial charge in [0, 0.05) is 0 Å². The van der Waals surface area contributed by atoms with Gasteiger partial charge >= 0.3 is 7.60 Å². The standard InChI is InChI=1S/CH6NO3P.H2O/c2-1-6(3,4)5;/h1-2H2,(H2,3,4,5);1H2. The number of rotatable bonds is 1. The van der Waals surface area contributed by atoms with E-state index in [-0.39, 0.29) is 5.48 Å². The van der Waals surface area contributed by atoms with E-state index in [0.717, 1.165) is 0 Å². The summed E-state index contributed by atoms with van der Waals surface area (Å²) in [6.45, 7) is 0. The highest BCUT2D eigenvalue weighted by Gasteiger charge is 2.05. The molecule has 0 saturated carbocycles. The molecule has 0 fully saturated rings. The molecule has 0 bridgehead atoms. The van der Waals surface area contributed by atoms with E-state index in [0.29, 0.717) is 0 Å². The van der Waals surface area contributed by atoms with Gasteiger partial charge in [0.15, 0.2) is 0 Å². The van der Waals surface area contributed by atoms with Crippen LogP contribution in [0.3, 0.4) is 0 Å². The fraction of sp³-hybridized carbons (Fsp3) is 1.00. The van der Waals surface area contributed by atoms with Crippen molar-refractivity contribution in [3.05, 3.63) is 0 Å². The molecule has 0 aromatic rings. The van der Waals surface area contributed by atoms with Crippen molar-refractivity contribution in [3.8, 4) is 0 Å². The minimum absolute atomic E-state index is 0. The molecule has 0 aliphatic rings. The zero-order valence-corrected chi connectivity index (χ0v) is 4.43. The van der Waals surface area contributed by atoms with Crippen molar-refractivity contribution in [2.24, 2.45) is 5.73 Å². The van der Waals surface area contributed by atoms with E-state index < -0.39 is 13.9 Å². The van der Waals surface area contributed by atoms with Crippen molar-refractivity contribution in [2.75, 3.05) is 6.29 Å². The van der Waals surface area contributed by atoms with Crippen LogP contribution in [-0.2, 0) is 4.57 Å². The van der Waals surface area contributed by atoms with Crippen molar-refractivity contribution < 1.29 is 19.8 Å². The summed E-state index contributed by atoms with van der Waals surface area (Å²) in [6.07, 6.45) is -0.562. The van der Waals surface area contributed by atoms with Gasteiger partial charge in [-0.3, -0.25) is 4.57 Å². The Labute approximate surface area is 40.6 Å². The summed E-state index contributed by atoms with van der Waals surface area (Å²) in [5.74, 6) is 0. The first-order chi connectivity index (χ1) is 2.56. The van der Waals surface area contributed by atoms with Crippen LogP contribution in [0.1, 0.15) is 0 Å². The minimum atomic E-state index is -3.87. The fourth-order valence-electron chi connectivity index (χ4n) is 0. The van der Waals surface area contributed by atoms with Gasteiger partial charge in [0.05, 0.1) is 6.29 Å². The molecule has 0 amide bonds. The van der Waals surface area contributed by atoms with Crippen molar-refractivity contribution in [3.63, 3.8) is 0 Å². The molecule has 46 valence electrons. The van der Waals surface area contributed by atoms with Gasteiger partial charge in [-0.25, -0.2) is 0 Å². The molecule has 0 aromatic carbocycles. The van der Waals surface area contributed by atoms with Gasteiger partial charge in [-0.2, -0.15) is 0 Å². The average Bonchev–Trinajstić information content (AvgIpc) is 1.35. The minimum Gasteiger partial charge on any atom is -0.412 e. The lowest BCUT2D eigenvalue weighted by molar-refractivity contribution is 0.374. The van der Waals surface area contributed by atoms with Crippen LogP contribution in [0.2, 0.25) is 0 Å². The molecule has 0 saturated heterocycles. The lowest BCUT2D eigenvalue weighted by Gasteiger charge is -1.92. The van der Waals surface area contributed by atoms with Crippen molar-refractivity contribution in [2.45, 2.75) is 0 Å². The fourth-order valence-corrected chi connectivity index (χ4v) is 0. The molecule has 0 radical (unpaired) electrons. The zero-order chi connectivity index (χ0) is 5.21. The molecule has 0 aromatic heterocycles. The molecule has 0 spiro atoms. The maximum absolute atomic E-state index is 9.57. The highest BCUT2D eigenvalue weighted by atomic mass is 31.2. The van der Waals surface area contributed by atoms with Gasteiger partial charge < -0.3 is 21.0 Å². The molecule has 0 aliphatic heterocycles. The molecule has 0 rings (SSSR count). The number of nitrogens with two attached hydrogens (primary N) is 1. The summed E-state index contributed by atoms with van der Waals surface area (Å²) in [7, 11) is -3.87. The van der Waals surface area contributed by atoms with Crippen molar-refractivity contribution in [1.82, 2.24) is 0 Å². The zero-order valence-electron chi connectivity index (χ0n) is 3.53. The average molecular weight is 129 g/mol. The number of hydrogen-bond donors (Lipinski definition) is 3. The summed E-state index contributed by atoms with van der Waals surface area (Å²) in [4.78, 5) is 15.6. The van der Waals surface area contributed by atoms with E-state index in [1.165, 1.54) is 0 Å². The second kappa shape index (κ2) is 3.12. The van der Waals surface area contributed by atoms with Crippen LogP contribution < -0.4 is 5.73 Å². The van der Waals surface area contributed by atoms with Gasteiger partial charge in [0.2, 0.25) is 0 Å². The quantitative estimate of drug-likeness (QED) is 0.364. The first-order valence-corrected chi connectivity index (χ1v) is 3.10. The molecule has 0 heterocycles. The van der Waals surface area contributed by atoms with E-state index in [4.69, 9.17) is 9.79 Å². The van der Waals surface area contributed by atoms with E-state index in [1.54, 1.807) is 0 Å². The lowest BCUT2D eigenvalue weighted by atomic mass is 11.6. The van der Waals surface area contributed by atoms with E-state index in [9.17, 15) is 4.57 Å². The Morgan fingerprint density at radius 3 is 1.71 bits per heavy atom. The summed E-state index contributed by atoms with van der Waals surface area (Å²) in [5, 5.41) is 0. The molecule has 0 aliphatic carbocycles. The van der Waals surface area contributed by atoms with Crippen LogP contribution in [0, 0.1) is 0 Å². The maximum Gasteiger partial charge on any atom is 0.338 e. The third-order valence-corrected chi connectivity index (χ3v) is 0.714. The van der Waals surface area contributed by atoms with Crippen LogP contribution >= 0.6 is 7.60 Å². The van der Waals surface area contributed by atoms with Crippen molar-refractivity contribution >= 4 is 7.60 Å². The molecule has 0 unspecified atom stereocenters. The molecule has 6 heteroatoms. The van der Waals surface area contributed by atoms with Crippen LogP contribution in [0.5, 0.6) is 0 Å². The monoisotopic (exact) mass is 129 g/mol. The van der Waals surface area contributed by atoms with Gasteiger partial charge in [-0.15, -0.1) is 0 Å². The SMILES string of the molecule is NCP(=O)(O)O.O. The maximum atomic E-state index is 9.57. The predicted octanol–water partition coefficient (Wildman–Crippen LogP) is -1.74. The summed E-state index contributed by atoms with van der Waals surface area (Å²) in [5.41, 5.74) is 4.54.